The van der Waals surface area contributed by atoms with Crippen molar-refractivity contribution in [2.45, 2.75) is 27.8 Å². The number of methoxy groups -OCH3 is 2. The average Bonchev–Trinajstić information content (AvgIpc) is 2.99. The van der Waals surface area contributed by atoms with Crippen molar-refractivity contribution in [3.8, 4) is 0 Å². The van der Waals surface area contributed by atoms with Gasteiger partial charge in [0.25, 0.3) is 0 Å². The molecular formula is C33H36F2N2O5. The van der Waals surface area contributed by atoms with Crippen molar-refractivity contribution < 1.29 is 32.6 Å². The Morgan fingerprint density at radius 3 is 1.67 bits per heavy atom. The summed E-state index contributed by atoms with van der Waals surface area (Å²) in [6.45, 7) is 4.16. The van der Waals surface area contributed by atoms with E-state index in [1.54, 1.807) is 54.6 Å². The molecule has 42 heavy (non-hydrogen) atoms. The van der Waals surface area contributed by atoms with Crippen molar-refractivity contribution in [3.05, 3.63) is 130 Å². The molecule has 0 atom stereocenters. The fraction of sp³-hybridized carbons (Fsp3) is 0.182. The van der Waals surface area contributed by atoms with Crippen LogP contribution < -0.4 is 11.1 Å². The predicted octanol–water partition coefficient (Wildman–Crippen LogP) is 7.17. The number of ether oxygens (including phenoxy) is 2. The highest BCUT2D eigenvalue weighted by molar-refractivity contribution is 5.90. The second kappa shape index (κ2) is 17.6. The van der Waals surface area contributed by atoms with Gasteiger partial charge in [-0.15, -0.1) is 0 Å². The Morgan fingerprint density at radius 1 is 0.762 bits per heavy atom. The van der Waals surface area contributed by atoms with Crippen LogP contribution in [-0.2, 0) is 16.0 Å². The average molecular weight is 579 g/mol. The standard InChI is InChI=1S/C16H16FNO2.C9H8O3.C7H8FN.CH4/c1-11-3-8-15(14(17)9-11)18-10-12-4-6-13(7-5-12)16(19)20-2;1-12-9(11)8-4-2-7(6-10)3-5-8;1-5-2-3-7(9)6(8)4-5;/h3-9,18H,10H2,1-2H3;2-6H,1H3;2-4H,9H2,1H3;1H4. The number of aryl methyl sites for hydroxylation is 2. The van der Waals surface area contributed by atoms with Gasteiger partial charge in [-0.05, 0) is 79.1 Å². The number of nitrogens with one attached hydrogen (secondary N) is 1. The number of anilines is 2. The molecule has 0 saturated carbocycles. The highest BCUT2D eigenvalue weighted by Gasteiger charge is 2.06. The maximum atomic E-state index is 13.6. The van der Waals surface area contributed by atoms with Crippen LogP contribution in [0.15, 0.2) is 84.9 Å². The zero-order valence-electron chi connectivity index (χ0n) is 23.2. The molecule has 0 amide bonds. The van der Waals surface area contributed by atoms with Gasteiger partial charge in [-0.3, -0.25) is 4.79 Å². The van der Waals surface area contributed by atoms with E-state index in [1.807, 2.05) is 32.0 Å². The SMILES string of the molecule is C.COC(=O)c1ccc(C=O)cc1.COC(=O)c1ccc(CNc2ccc(C)cc2F)cc1.Cc1ccc(N)c(F)c1. The molecule has 0 unspecified atom stereocenters. The number of halogens is 2. The molecule has 7 nitrogen and oxygen atoms in total. The maximum Gasteiger partial charge on any atom is 0.337 e. The summed E-state index contributed by atoms with van der Waals surface area (Å²) in [5, 5.41) is 3.03. The van der Waals surface area contributed by atoms with Crippen molar-refractivity contribution in [2.24, 2.45) is 0 Å². The van der Waals surface area contributed by atoms with E-state index in [9.17, 15) is 23.2 Å². The fourth-order valence-corrected chi connectivity index (χ4v) is 3.29. The van der Waals surface area contributed by atoms with Crippen LogP contribution in [0.5, 0.6) is 0 Å². The Bertz CT molecular complexity index is 1460. The van der Waals surface area contributed by atoms with Crippen LogP contribution in [0.3, 0.4) is 0 Å². The number of nitrogen functional groups attached to an aromatic ring is 1. The van der Waals surface area contributed by atoms with E-state index >= 15 is 0 Å². The van der Waals surface area contributed by atoms with Crippen molar-refractivity contribution in [2.75, 3.05) is 25.3 Å². The Kier molecular flexibility index (Phi) is 14.7. The molecule has 0 aliphatic rings. The molecule has 0 bridgehead atoms. The summed E-state index contributed by atoms with van der Waals surface area (Å²) in [6, 6.07) is 23.0. The summed E-state index contributed by atoms with van der Waals surface area (Å²) >= 11 is 0. The molecule has 0 fully saturated rings. The first-order valence-electron chi connectivity index (χ1n) is 12.4. The maximum absolute atomic E-state index is 13.6. The van der Waals surface area contributed by atoms with E-state index in [-0.39, 0.29) is 30.7 Å². The minimum atomic E-state index is -0.396. The zero-order chi connectivity index (χ0) is 30.4. The van der Waals surface area contributed by atoms with E-state index in [1.165, 1.54) is 26.4 Å². The summed E-state index contributed by atoms with van der Waals surface area (Å²) in [5.41, 5.74) is 10.1. The molecule has 0 aliphatic heterocycles. The van der Waals surface area contributed by atoms with Crippen molar-refractivity contribution >= 4 is 29.6 Å². The Balaban J connectivity index is 0.000000342. The third-order valence-corrected chi connectivity index (χ3v) is 5.61. The minimum Gasteiger partial charge on any atom is -0.465 e. The lowest BCUT2D eigenvalue weighted by Gasteiger charge is -2.08. The van der Waals surface area contributed by atoms with E-state index in [2.05, 4.69) is 14.8 Å². The van der Waals surface area contributed by atoms with E-state index in [4.69, 9.17) is 5.73 Å². The molecule has 0 aliphatic carbocycles. The van der Waals surface area contributed by atoms with Gasteiger partial charge in [0.2, 0.25) is 0 Å². The minimum absolute atomic E-state index is 0. The highest BCUT2D eigenvalue weighted by Crippen LogP contribution is 2.17. The van der Waals surface area contributed by atoms with Gasteiger partial charge in [0.1, 0.15) is 17.9 Å². The van der Waals surface area contributed by atoms with Gasteiger partial charge in [0, 0.05) is 12.1 Å². The normalized spacial score (nSPS) is 9.48. The molecular weight excluding hydrogens is 542 g/mol. The number of nitrogens with two attached hydrogens (primary N) is 1. The Labute approximate surface area is 245 Å². The van der Waals surface area contributed by atoms with Crippen LogP contribution in [0.4, 0.5) is 20.2 Å². The molecule has 4 rings (SSSR count). The van der Waals surface area contributed by atoms with Crippen LogP contribution in [0.25, 0.3) is 0 Å². The number of aldehydes is 1. The van der Waals surface area contributed by atoms with Crippen LogP contribution in [-0.4, -0.2) is 32.4 Å². The molecule has 0 spiro atoms. The lowest BCUT2D eigenvalue weighted by molar-refractivity contribution is 0.0592. The predicted molar refractivity (Wildman–Crippen MR) is 162 cm³/mol. The molecule has 222 valence electrons. The fourth-order valence-electron chi connectivity index (χ4n) is 3.29. The largest absolute Gasteiger partial charge is 0.465 e. The number of esters is 2. The van der Waals surface area contributed by atoms with Crippen LogP contribution in [0.1, 0.15) is 55.2 Å². The third kappa shape index (κ3) is 11.2. The Morgan fingerprint density at radius 2 is 1.24 bits per heavy atom. The van der Waals surface area contributed by atoms with Gasteiger partial charge in [0.05, 0.1) is 36.7 Å². The van der Waals surface area contributed by atoms with E-state index < -0.39 is 5.97 Å². The molecule has 4 aromatic rings. The summed E-state index contributed by atoms with van der Waals surface area (Å²) < 4.78 is 35.2. The second-order valence-corrected chi connectivity index (χ2v) is 8.78. The topological polar surface area (TPSA) is 108 Å². The van der Waals surface area contributed by atoms with Crippen molar-refractivity contribution in [3.63, 3.8) is 0 Å². The number of benzene rings is 4. The first kappa shape index (κ1) is 35.0. The molecule has 0 aromatic heterocycles. The van der Waals surface area contributed by atoms with E-state index in [0.29, 0.717) is 28.9 Å². The van der Waals surface area contributed by atoms with E-state index in [0.717, 1.165) is 23.0 Å². The molecule has 0 saturated heterocycles. The lowest BCUT2D eigenvalue weighted by Crippen LogP contribution is -2.04. The van der Waals surface area contributed by atoms with Gasteiger partial charge in [-0.1, -0.05) is 43.8 Å². The molecule has 9 heteroatoms. The quantitative estimate of drug-likeness (QED) is 0.142. The first-order valence-corrected chi connectivity index (χ1v) is 12.4. The number of carbonyl (C=O) groups is 3. The summed E-state index contributed by atoms with van der Waals surface area (Å²) in [5.74, 6) is -1.37. The Hall–Kier alpha value is -5.05. The zero-order valence-corrected chi connectivity index (χ0v) is 23.2. The van der Waals surface area contributed by atoms with Gasteiger partial charge in [-0.2, -0.15) is 0 Å². The van der Waals surface area contributed by atoms with Crippen LogP contribution in [0, 0.1) is 25.5 Å². The van der Waals surface area contributed by atoms with Gasteiger partial charge in [0.15, 0.2) is 0 Å². The van der Waals surface area contributed by atoms with Crippen LogP contribution in [0.2, 0.25) is 0 Å². The smallest absolute Gasteiger partial charge is 0.337 e. The number of hydrogen-bond donors (Lipinski definition) is 2. The highest BCUT2D eigenvalue weighted by atomic mass is 19.1. The second-order valence-electron chi connectivity index (χ2n) is 8.78. The number of hydrogen-bond acceptors (Lipinski definition) is 7. The van der Waals surface area contributed by atoms with Gasteiger partial charge < -0.3 is 20.5 Å². The van der Waals surface area contributed by atoms with Gasteiger partial charge in [-0.25, -0.2) is 18.4 Å². The molecule has 0 heterocycles. The van der Waals surface area contributed by atoms with Crippen LogP contribution >= 0.6 is 0 Å². The summed E-state index contributed by atoms with van der Waals surface area (Å²) in [6.07, 6.45) is 0.723. The summed E-state index contributed by atoms with van der Waals surface area (Å²) in [7, 11) is 2.66. The third-order valence-electron chi connectivity index (χ3n) is 5.61. The monoisotopic (exact) mass is 578 g/mol. The molecule has 4 aromatic carbocycles. The van der Waals surface area contributed by atoms with Crippen molar-refractivity contribution in [1.82, 2.24) is 0 Å². The first-order chi connectivity index (χ1) is 19.6. The lowest BCUT2D eigenvalue weighted by atomic mass is 10.1. The molecule has 3 N–H and O–H groups in total. The number of carbonyl (C=O) groups excluding carboxylic acids is 3. The van der Waals surface area contributed by atoms with Crippen molar-refractivity contribution in [1.29, 1.82) is 0 Å². The summed E-state index contributed by atoms with van der Waals surface area (Å²) in [4.78, 5) is 32.4. The van der Waals surface area contributed by atoms with Gasteiger partial charge >= 0.3 is 11.9 Å². The number of rotatable bonds is 6. The molecule has 0 radical (unpaired) electrons.